The lowest BCUT2D eigenvalue weighted by molar-refractivity contribution is -0.0373. The molecule has 5 heteroatoms. The Morgan fingerprint density at radius 2 is 2.26 bits per heavy atom. The van der Waals surface area contributed by atoms with Crippen LogP contribution in [-0.2, 0) is 13.0 Å². The summed E-state index contributed by atoms with van der Waals surface area (Å²) in [5.74, 6) is 1.44. The topological polar surface area (TPSA) is 54.2 Å². The number of piperidine rings is 1. The van der Waals surface area contributed by atoms with E-state index in [1.165, 1.54) is 0 Å². The number of aromatic nitrogens is 3. The number of nitrogens with zero attached hydrogens (tertiary/aromatic N) is 4. The summed E-state index contributed by atoms with van der Waals surface area (Å²) >= 11 is 0. The Bertz CT molecular complexity index is 417. The largest absolute Gasteiger partial charge is 0.389 e. The lowest BCUT2D eigenvalue weighted by atomic mass is 9.84. The normalized spacial score (nSPS) is 29.1. The van der Waals surface area contributed by atoms with Crippen LogP contribution in [0, 0.1) is 5.92 Å². The monoisotopic (exact) mass is 266 g/mol. The molecule has 2 atom stereocenters. The minimum Gasteiger partial charge on any atom is -0.389 e. The van der Waals surface area contributed by atoms with Gasteiger partial charge in [0.1, 0.15) is 12.2 Å². The summed E-state index contributed by atoms with van der Waals surface area (Å²) in [6, 6.07) is 0.417. The molecule has 0 aromatic carbocycles. The van der Waals surface area contributed by atoms with Crippen molar-refractivity contribution >= 4 is 0 Å². The minimum atomic E-state index is -0.631. The summed E-state index contributed by atoms with van der Waals surface area (Å²) in [7, 11) is 2.12. The minimum absolute atomic E-state index is 0.417. The first-order chi connectivity index (χ1) is 8.89. The highest BCUT2D eigenvalue weighted by atomic mass is 16.3. The maximum atomic E-state index is 10.8. The Kier molecular flexibility index (Phi) is 4.26. The van der Waals surface area contributed by atoms with Crippen molar-refractivity contribution in [2.24, 2.45) is 5.92 Å². The van der Waals surface area contributed by atoms with Gasteiger partial charge in [0.25, 0.3) is 0 Å². The van der Waals surface area contributed by atoms with E-state index < -0.39 is 5.60 Å². The Labute approximate surface area is 115 Å². The molecule has 1 aromatic heterocycles. The van der Waals surface area contributed by atoms with Crippen LogP contribution in [0.15, 0.2) is 6.33 Å². The maximum absolute atomic E-state index is 10.8. The van der Waals surface area contributed by atoms with Crippen LogP contribution in [0.1, 0.15) is 39.4 Å². The van der Waals surface area contributed by atoms with E-state index in [9.17, 15) is 5.11 Å². The fraction of sp³-hybridized carbons (Fsp3) is 0.857. The Morgan fingerprint density at radius 3 is 2.89 bits per heavy atom. The quantitative estimate of drug-likeness (QED) is 0.893. The zero-order valence-corrected chi connectivity index (χ0v) is 12.5. The van der Waals surface area contributed by atoms with Gasteiger partial charge in [-0.1, -0.05) is 13.8 Å². The van der Waals surface area contributed by atoms with Gasteiger partial charge >= 0.3 is 0 Å². The Morgan fingerprint density at radius 1 is 1.53 bits per heavy atom. The molecule has 5 nitrogen and oxygen atoms in total. The van der Waals surface area contributed by atoms with E-state index in [0.717, 1.165) is 31.8 Å². The van der Waals surface area contributed by atoms with Gasteiger partial charge in [-0.05, 0) is 32.7 Å². The van der Waals surface area contributed by atoms with E-state index >= 15 is 0 Å². The molecule has 0 bridgehead atoms. The summed E-state index contributed by atoms with van der Waals surface area (Å²) < 4.78 is 1.94. The van der Waals surface area contributed by atoms with Crippen LogP contribution in [0.2, 0.25) is 0 Å². The van der Waals surface area contributed by atoms with Gasteiger partial charge in [-0.25, -0.2) is 9.67 Å². The molecule has 108 valence electrons. The first-order valence-corrected chi connectivity index (χ1v) is 7.19. The van der Waals surface area contributed by atoms with E-state index in [0.29, 0.717) is 18.4 Å². The number of likely N-dealkylation sites (tertiary alicyclic amines) is 1. The van der Waals surface area contributed by atoms with Gasteiger partial charge in [-0.2, -0.15) is 5.10 Å². The van der Waals surface area contributed by atoms with Crippen LogP contribution in [0.25, 0.3) is 0 Å². The molecule has 0 spiro atoms. The fourth-order valence-corrected chi connectivity index (χ4v) is 2.79. The maximum Gasteiger partial charge on any atom is 0.138 e. The van der Waals surface area contributed by atoms with E-state index in [4.69, 9.17) is 0 Å². The molecule has 2 rings (SSSR count). The van der Waals surface area contributed by atoms with Gasteiger partial charge in [-0.15, -0.1) is 0 Å². The molecule has 2 unspecified atom stereocenters. The zero-order chi connectivity index (χ0) is 14.0. The number of hydrogen-bond acceptors (Lipinski definition) is 4. The standard InChI is InChI=1S/C14H26N4O/c1-11(2)9-18-13(15-10-16-18)8-14(19)5-6-17(4)12(3)7-14/h10-12,19H,5-9H2,1-4H3. The molecule has 0 radical (unpaired) electrons. The van der Waals surface area contributed by atoms with E-state index in [1.54, 1.807) is 6.33 Å². The highest BCUT2D eigenvalue weighted by molar-refractivity contribution is 4.99. The van der Waals surface area contributed by atoms with Gasteiger partial charge in [-0.3, -0.25) is 0 Å². The summed E-state index contributed by atoms with van der Waals surface area (Å²) in [4.78, 5) is 6.63. The predicted octanol–water partition coefficient (Wildman–Crippen LogP) is 1.32. The van der Waals surface area contributed by atoms with Crippen LogP contribution in [0.5, 0.6) is 0 Å². The second-order valence-electron chi connectivity index (χ2n) is 6.44. The average molecular weight is 266 g/mol. The molecule has 0 amide bonds. The summed E-state index contributed by atoms with van der Waals surface area (Å²) in [5.41, 5.74) is -0.631. The van der Waals surface area contributed by atoms with Crippen LogP contribution in [0.4, 0.5) is 0 Å². The van der Waals surface area contributed by atoms with Crippen LogP contribution in [-0.4, -0.2) is 50.0 Å². The van der Waals surface area contributed by atoms with Crippen molar-refractivity contribution in [2.45, 2.75) is 58.2 Å². The molecule has 1 saturated heterocycles. The second-order valence-corrected chi connectivity index (χ2v) is 6.44. The van der Waals surface area contributed by atoms with E-state index in [2.05, 4.69) is 42.8 Å². The highest BCUT2D eigenvalue weighted by Gasteiger charge is 2.36. The van der Waals surface area contributed by atoms with E-state index in [1.807, 2.05) is 4.68 Å². The Hall–Kier alpha value is -0.940. The first kappa shape index (κ1) is 14.5. The van der Waals surface area contributed by atoms with Crippen molar-refractivity contribution in [3.63, 3.8) is 0 Å². The zero-order valence-electron chi connectivity index (χ0n) is 12.5. The van der Waals surface area contributed by atoms with Gasteiger partial charge in [0.15, 0.2) is 0 Å². The summed E-state index contributed by atoms with van der Waals surface area (Å²) in [5, 5.41) is 15.1. The van der Waals surface area contributed by atoms with Crippen molar-refractivity contribution < 1.29 is 5.11 Å². The van der Waals surface area contributed by atoms with Crippen molar-refractivity contribution in [3.05, 3.63) is 12.2 Å². The lowest BCUT2D eigenvalue weighted by Crippen LogP contribution is -2.49. The molecular weight excluding hydrogens is 240 g/mol. The molecule has 0 aliphatic carbocycles. The molecule has 19 heavy (non-hydrogen) atoms. The van der Waals surface area contributed by atoms with Crippen molar-refractivity contribution in [1.29, 1.82) is 0 Å². The molecule has 0 saturated carbocycles. The molecule has 1 N–H and O–H groups in total. The van der Waals surface area contributed by atoms with Gasteiger partial charge in [0, 0.05) is 25.6 Å². The molecule has 1 fully saturated rings. The number of rotatable bonds is 4. The van der Waals surface area contributed by atoms with Gasteiger partial charge in [0.2, 0.25) is 0 Å². The van der Waals surface area contributed by atoms with Crippen molar-refractivity contribution in [2.75, 3.05) is 13.6 Å². The van der Waals surface area contributed by atoms with Crippen molar-refractivity contribution in [3.8, 4) is 0 Å². The molecule has 2 heterocycles. The molecular formula is C14H26N4O. The van der Waals surface area contributed by atoms with Gasteiger partial charge < -0.3 is 10.0 Å². The molecule has 1 aromatic rings. The molecule has 1 aliphatic heterocycles. The summed E-state index contributed by atoms with van der Waals surface area (Å²) in [6.07, 6.45) is 3.82. The average Bonchev–Trinajstić information content (AvgIpc) is 2.71. The SMILES string of the molecule is CC(C)Cn1ncnc1CC1(O)CCN(C)C(C)C1. The third-order valence-electron chi connectivity index (χ3n) is 4.08. The van der Waals surface area contributed by atoms with E-state index in [-0.39, 0.29) is 0 Å². The predicted molar refractivity (Wildman–Crippen MR) is 74.8 cm³/mol. The molecule has 1 aliphatic rings. The first-order valence-electron chi connectivity index (χ1n) is 7.19. The van der Waals surface area contributed by atoms with Crippen LogP contribution >= 0.6 is 0 Å². The number of aliphatic hydroxyl groups is 1. The fourth-order valence-electron chi connectivity index (χ4n) is 2.79. The van der Waals surface area contributed by atoms with Crippen LogP contribution in [0.3, 0.4) is 0 Å². The van der Waals surface area contributed by atoms with Crippen molar-refractivity contribution in [1.82, 2.24) is 19.7 Å². The number of hydrogen-bond donors (Lipinski definition) is 1. The van der Waals surface area contributed by atoms with Crippen LogP contribution < -0.4 is 0 Å². The Balaban J connectivity index is 2.06. The second kappa shape index (κ2) is 5.59. The summed E-state index contributed by atoms with van der Waals surface area (Å²) in [6.45, 7) is 8.30. The smallest absolute Gasteiger partial charge is 0.138 e. The van der Waals surface area contributed by atoms with Gasteiger partial charge in [0.05, 0.1) is 5.60 Å². The third kappa shape index (κ3) is 3.54. The third-order valence-corrected chi connectivity index (χ3v) is 4.08. The highest BCUT2D eigenvalue weighted by Crippen LogP contribution is 2.28. The lowest BCUT2D eigenvalue weighted by Gasteiger charge is -2.40.